The van der Waals surface area contributed by atoms with E-state index in [0.717, 1.165) is 0 Å². The Morgan fingerprint density at radius 1 is 1.45 bits per heavy atom. The Hall–Kier alpha value is -1.59. The van der Waals surface area contributed by atoms with Gasteiger partial charge < -0.3 is 14.7 Å². The third kappa shape index (κ3) is 5.19. The lowest BCUT2D eigenvalue weighted by Crippen LogP contribution is -2.36. The summed E-state index contributed by atoms with van der Waals surface area (Å²) in [4.78, 5) is 24.4. The van der Waals surface area contributed by atoms with Crippen molar-refractivity contribution in [1.29, 1.82) is 0 Å². The smallest absolute Gasteiger partial charge is 0.323 e. The molecule has 1 aromatic carbocycles. The van der Waals surface area contributed by atoms with E-state index in [0.29, 0.717) is 17.3 Å². The second kappa shape index (κ2) is 7.87. The molecule has 0 spiro atoms. The largest absolute Gasteiger partial charge is 0.480 e. The highest BCUT2D eigenvalue weighted by atomic mass is 35.5. The second-order valence-electron chi connectivity index (χ2n) is 4.62. The molecular formula is C14H18ClNO4. The molecule has 0 fully saturated rings. The second-order valence-corrected chi connectivity index (χ2v) is 5.05. The number of hydrogen-bond donors (Lipinski definition) is 1. The van der Waals surface area contributed by atoms with Crippen molar-refractivity contribution in [2.75, 3.05) is 25.2 Å². The minimum Gasteiger partial charge on any atom is -0.480 e. The number of carbonyl (C=O) groups excluding carboxylic acids is 1. The van der Waals surface area contributed by atoms with Gasteiger partial charge in [0.15, 0.2) is 0 Å². The molecule has 0 bridgehead atoms. The molecule has 1 rings (SSSR count). The topological polar surface area (TPSA) is 66.8 Å². The molecule has 1 atom stereocenters. The monoisotopic (exact) mass is 299 g/mol. The van der Waals surface area contributed by atoms with Crippen LogP contribution in [0, 0.1) is 5.92 Å². The number of hydrogen-bond acceptors (Lipinski definition) is 3. The molecule has 0 aliphatic carbocycles. The fourth-order valence-corrected chi connectivity index (χ4v) is 2.04. The van der Waals surface area contributed by atoms with Crippen LogP contribution in [0.3, 0.4) is 0 Å². The molecule has 0 saturated heterocycles. The Morgan fingerprint density at radius 2 is 2.15 bits per heavy atom. The van der Waals surface area contributed by atoms with Gasteiger partial charge in [-0.05, 0) is 24.1 Å². The van der Waals surface area contributed by atoms with Crippen molar-refractivity contribution < 1.29 is 19.4 Å². The van der Waals surface area contributed by atoms with Crippen LogP contribution < -0.4 is 4.90 Å². The molecule has 110 valence electrons. The first-order chi connectivity index (χ1) is 9.43. The Bertz CT molecular complexity index is 478. The van der Waals surface area contributed by atoms with Crippen molar-refractivity contribution >= 4 is 29.2 Å². The van der Waals surface area contributed by atoms with Gasteiger partial charge in [-0.15, -0.1) is 0 Å². The van der Waals surface area contributed by atoms with Crippen LogP contribution in [0.25, 0.3) is 0 Å². The Balaban J connectivity index is 2.89. The summed E-state index contributed by atoms with van der Waals surface area (Å²) in [6.07, 6.45) is 0.216. The van der Waals surface area contributed by atoms with Gasteiger partial charge in [0, 0.05) is 30.8 Å². The maximum atomic E-state index is 12.2. The highest BCUT2D eigenvalue weighted by Gasteiger charge is 2.21. The standard InChI is InChI=1S/C14H18ClNO4/c1-10(9-20-2)6-13(17)16(8-14(18)19)12-5-3-4-11(15)7-12/h3-5,7,10H,6,8-9H2,1-2H3,(H,18,19). The first-order valence-electron chi connectivity index (χ1n) is 6.20. The van der Waals surface area contributed by atoms with E-state index >= 15 is 0 Å². The van der Waals surface area contributed by atoms with Gasteiger partial charge in [-0.3, -0.25) is 9.59 Å². The predicted molar refractivity (Wildman–Crippen MR) is 77.1 cm³/mol. The fraction of sp³-hybridized carbons (Fsp3) is 0.429. The number of anilines is 1. The van der Waals surface area contributed by atoms with Crippen molar-refractivity contribution in [3.63, 3.8) is 0 Å². The summed E-state index contributed by atoms with van der Waals surface area (Å²) < 4.78 is 4.98. The normalized spacial score (nSPS) is 11.9. The molecule has 0 aliphatic heterocycles. The SMILES string of the molecule is COCC(C)CC(=O)N(CC(=O)O)c1cccc(Cl)c1. The van der Waals surface area contributed by atoms with Crippen LogP contribution in [0.4, 0.5) is 5.69 Å². The first-order valence-corrected chi connectivity index (χ1v) is 6.58. The molecule has 0 heterocycles. The van der Waals surface area contributed by atoms with Crippen LogP contribution in [0.2, 0.25) is 5.02 Å². The van der Waals surface area contributed by atoms with Crippen molar-refractivity contribution in [1.82, 2.24) is 0 Å². The minimum absolute atomic E-state index is 0.0166. The number of nitrogens with zero attached hydrogens (tertiary/aromatic N) is 1. The Morgan fingerprint density at radius 3 is 2.70 bits per heavy atom. The molecule has 1 N–H and O–H groups in total. The Kier molecular flexibility index (Phi) is 6.48. The molecule has 20 heavy (non-hydrogen) atoms. The van der Waals surface area contributed by atoms with Gasteiger partial charge in [0.2, 0.25) is 5.91 Å². The summed E-state index contributed by atoms with van der Waals surface area (Å²) in [5.74, 6) is -1.32. The molecule has 1 amide bonds. The first kappa shape index (κ1) is 16.5. The van der Waals surface area contributed by atoms with Gasteiger partial charge in [0.1, 0.15) is 6.54 Å². The summed E-state index contributed by atoms with van der Waals surface area (Å²) in [7, 11) is 1.56. The maximum Gasteiger partial charge on any atom is 0.323 e. The fourth-order valence-electron chi connectivity index (χ4n) is 1.85. The molecule has 1 unspecified atom stereocenters. The third-order valence-corrected chi connectivity index (χ3v) is 2.92. The number of methoxy groups -OCH3 is 1. The van der Waals surface area contributed by atoms with E-state index in [1.54, 1.807) is 31.4 Å². The molecule has 0 aliphatic rings. The number of carboxylic acids is 1. The zero-order chi connectivity index (χ0) is 15.1. The number of rotatable bonds is 7. The average molecular weight is 300 g/mol. The van der Waals surface area contributed by atoms with E-state index in [4.69, 9.17) is 21.4 Å². The van der Waals surface area contributed by atoms with Gasteiger partial charge in [-0.25, -0.2) is 0 Å². The Labute approximate surface area is 123 Å². The van der Waals surface area contributed by atoms with Gasteiger partial charge in [0.25, 0.3) is 0 Å². The van der Waals surface area contributed by atoms with E-state index in [9.17, 15) is 9.59 Å². The van der Waals surface area contributed by atoms with Crippen molar-refractivity contribution in [3.05, 3.63) is 29.3 Å². The quantitative estimate of drug-likeness (QED) is 0.839. The third-order valence-electron chi connectivity index (χ3n) is 2.69. The predicted octanol–water partition coefficient (Wildman–Crippen LogP) is 2.43. The molecule has 6 heteroatoms. The van der Waals surface area contributed by atoms with E-state index in [-0.39, 0.29) is 18.2 Å². The molecular weight excluding hydrogens is 282 g/mol. The van der Waals surface area contributed by atoms with Crippen molar-refractivity contribution in [2.24, 2.45) is 5.92 Å². The highest BCUT2D eigenvalue weighted by molar-refractivity contribution is 6.30. The van der Waals surface area contributed by atoms with Crippen LogP contribution in [0.15, 0.2) is 24.3 Å². The van der Waals surface area contributed by atoms with Gasteiger partial charge in [-0.2, -0.15) is 0 Å². The number of carboxylic acid groups (broad SMARTS) is 1. The van der Waals surface area contributed by atoms with Gasteiger partial charge >= 0.3 is 5.97 Å². The number of amides is 1. The van der Waals surface area contributed by atoms with Crippen LogP contribution in [-0.2, 0) is 14.3 Å². The summed E-state index contributed by atoms with van der Waals surface area (Å²) in [6.45, 7) is 1.93. The maximum absolute atomic E-state index is 12.2. The van der Waals surface area contributed by atoms with E-state index in [2.05, 4.69) is 0 Å². The van der Waals surface area contributed by atoms with Crippen LogP contribution in [-0.4, -0.2) is 37.2 Å². The average Bonchev–Trinajstić information content (AvgIpc) is 2.35. The van der Waals surface area contributed by atoms with Crippen LogP contribution >= 0.6 is 11.6 Å². The van der Waals surface area contributed by atoms with Crippen molar-refractivity contribution in [3.8, 4) is 0 Å². The number of benzene rings is 1. The highest BCUT2D eigenvalue weighted by Crippen LogP contribution is 2.21. The molecule has 5 nitrogen and oxygen atoms in total. The lowest BCUT2D eigenvalue weighted by molar-refractivity contribution is -0.136. The zero-order valence-corrected chi connectivity index (χ0v) is 12.3. The van der Waals surface area contributed by atoms with E-state index < -0.39 is 12.5 Å². The molecule has 1 aromatic rings. The van der Waals surface area contributed by atoms with Crippen molar-refractivity contribution in [2.45, 2.75) is 13.3 Å². The molecule has 0 saturated carbocycles. The van der Waals surface area contributed by atoms with Crippen LogP contribution in [0.1, 0.15) is 13.3 Å². The summed E-state index contributed by atoms with van der Waals surface area (Å²) in [6, 6.07) is 6.58. The van der Waals surface area contributed by atoms with Crippen LogP contribution in [0.5, 0.6) is 0 Å². The van der Waals surface area contributed by atoms with Gasteiger partial charge in [0.05, 0.1) is 0 Å². The van der Waals surface area contributed by atoms with E-state index in [1.165, 1.54) is 4.90 Å². The number of carbonyl (C=O) groups is 2. The number of ether oxygens (including phenoxy) is 1. The summed E-state index contributed by atoms with van der Waals surface area (Å²) >= 11 is 5.88. The number of aliphatic carboxylic acids is 1. The minimum atomic E-state index is -1.07. The number of halogens is 1. The molecule has 0 aromatic heterocycles. The zero-order valence-electron chi connectivity index (χ0n) is 11.5. The van der Waals surface area contributed by atoms with E-state index in [1.807, 2.05) is 6.92 Å². The summed E-state index contributed by atoms with van der Waals surface area (Å²) in [5, 5.41) is 9.40. The lowest BCUT2D eigenvalue weighted by atomic mass is 10.1. The summed E-state index contributed by atoms with van der Waals surface area (Å²) in [5.41, 5.74) is 0.481. The molecule has 0 radical (unpaired) electrons. The lowest BCUT2D eigenvalue weighted by Gasteiger charge is -2.22. The van der Waals surface area contributed by atoms with Gasteiger partial charge in [-0.1, -0.05) is 24.6 Å².